The number of hydrogen-bond donors (Lipinski definition) is 2. The van der Waals surface area contributed by atoms with E-state index in [1.54, 1.807) is 0 Å². The lowest BCUT2D eigenvalue weighted by Crippen LogP contribution is -2.36. The number of para-hydroxylation sites is 1. The number of nitrogens with zero attached hydrogens (tertiary/aromatic N) is 1. The van der Waals surface area contributed by atoms with E-state index in [2.05, 4.69) is 209 Å². The largest absolute Gasteiger partial charge is 0.512 e. The molecule has 0 fully saturated rings. The van der Waals surface area contributed by atoms with Crippen molar-refractivity contribution in [1.82, 2.24) is 0 Å². The molecule has 0 unspecified atom stereocenters. The topological polar surface area (TPSA) is 35.5 Å². The molecule has 3 heteroatoms. The predicted octanol–water partition coefficient (Wildman–Crippen LogP) is 17.4. The second-order valence-electron chi connectivity index (χ2n) is 16.7. The van der Waals surface area contributed by atoms with Gasteiger partial charge >= 0.3 is 0 Å². The van der Waals surface area contributed by atoms with E-state index in [0.29, 0.717) is 12.2 Å². The average molecular weight is 837 g/mol. The fourth-order valence-electron chi connectivity index (χ4n) is 8.44. The maximum atomic E-state index is 10.9. The van der Waals surface area contributed by atoms with E-state index in [1.807, 2.05) is 49.4 Å². The Morgan fingerprint density at radius 1 is 0.719 bits per heavy atom. The molecule has 64 heavy (non-hydrogen) atoms. The van der Waals surface area contributed by atoms with E-state index in [0.717, 1.165) is 62.7 Å². The van der Waals surface area contributed by atoms with Crippen LogP contribution in [0.5, 0.6) is 0 Å². The first-order chi connectivity index (χ1) is 31.2. The van der Waals surface area contributed by atoms with Crippen molar-refractivity contribution in [2.45, 2.75) is 59.3 Å². The van der Waals surface area contributed by atoms with Crippen LogP contribution in [0.2, 0.25) is 0 Å². The quantitative estimate of drug-likeness (QED) is 0.150. The Balaban J connectivity index is 0.000000326. The third-order valence-corrected chi connectivity index (χ3v) is 11.7. The molecule has 3 aliphatic rings. The summed E-state index contributed by atoms with van der Waals surface area (Å²) in [6.45, 7) is 19.2. The minimum atomic E-state index is -0.327. The van der Waals surface area contributed by atoms with Crippen LogP contribution in [0.15, 0.2) is 236 Å². The number of fused-ring (bicyclic) bond motifs is 6. The average Bonchev–Trinajstić information content (AvgIpc) is 3.32. The first kappa shape index (κ1) is 44.7. The summed E-state index contributed by atoms with van der Waals surface area (Å²) in [6.07, 6.45) is 19.4. The highest BCUT2D eigenvalue weighted by molar-refractivity contribution is 5.89. The molecule has 2 aliphatic heterocycles. The number of hydrogen-bond acceptors (Lipinski definition) is 3. The summed E-state index contributed by atoms with van der Waals surface area (Å²) in [5.74, 6) is 0.444. The zero-order chi connectivity index (χ0) is 45.1. The molecule has 0 amide bonds. The number of allylic oxidation sites excluding steroid dienone is 12. The molecule has 0 aromatic heterocycles. The molecule has 0 radical (unpaired) electrons. The first-order valence-electron chi connectivity index (χ1n) is 22.5. The van der Waals surface area contributed by atoms with Gasteiger partial charge in [-0.3, -0.25) is 0 Å². The van der Waals surface area contributed by atoms with Crippen molar-refractivity contribution < 1.29 is 5.11 Å². The van der Waals surface area contributed by atoms with Crippen LogP contribution in [0.1, 0.15) is 70.6 Å². The Bertz CT molecular complexity index is 2780. The summed E-state index contributed by atoms with van der Waals surface area (Å²) < 4.78 is 0. The van der Waals surface area contributed by atoms with Gasteiger partial charge < -0.3 is 15.3 Å². The van der Waals surface area contributed by atoms with Gasteiger partial charge in [0.05, 0.1) is 11.4 Å². The Morgan fingerprint density at radius 2 is 1.30 bits per heavy atom. The Morgan fingerprint density at radius 3 is 1.92 bits per heavy atom. The molecule has 320 valence electrons. The smallest absolute Gasteiger partial charge is 0.100 e. The molecule has 6 aromatic carbocycles. The highest BCUT2D eigenvalue weighted by Crippen LogP contribution is 2.53. The van der Waals surface area contributed by atoms with Gasteiger partial charge in [0, 0.05) is 34.5 Å². The molecule has 3 nitrogen and oxygen atoms in total. The summed E-state index contributed by atoms with van der Waals surface area (Å²) >= 11 is 0. The van der Waals surface area contributed by atoms with Crippen LogP contribution in [0.3, 0.4) is 0 Å². The fraction of sp³-hybridized carbons (Fsp3) is 0.148. The van der Waals surface area contributed by atoms with Crippen molar-refractivity contribution in [2.75, 3.05) is 10.2 Å². The fourth-order valence-corrected chi connectivity index (χ4v) is 8.44. The Labute approximate surface area is 381 Å². The monoisotopic (exact) mass is 836 g/mol. The normalized spacial score (nSPS) is 16.5. The van der Waals surface area contributed by atoms with Crippen LogP contribution < -0.4 is 10.2 Å². The first-order valence-corrected chi connectivity index (χ1v) is 22.5. The molecule has 0 spiro atoms. The Hall–Kier alpha value is -7.36. The molecular formula is C61H60N2O. The summed E-state index contributed by atoms with van der Waals surface area (Å²) in [7, 11) is 0. The van der Waals surface area contributed by atoms with Gasteiger partial charge in [0.25, 0.3) is 0 Å². The standard InChI is InChI=1S/C45H38N2O.C13H14.C3H8/c1-30-40-29-36(39-14-8-10-16-44(39)48)27-35-13-7-9-15-42(35)47(30)43-26-21-34(28-41(43)45(40,2)3)33-19-24-38(25-20-33)46-37-22-17-32(18-23-37)31-11-5-4-6-12-31;1-3-8-12(9-4-2)13-10-6-5-7-11-13;1-3-2/h4-9,11-15,17-29,46,48H,1,10,16H2,2-3H3;3-11H,1H2,2H3;3H2,1-2H3/b36-27+,40-29+;9-4-,12-8+;. The highest BCUT2D eigenvalue weighted by Gasteiger charge is 2.40. The Kier molecular flexibility index (Phi) is 14.4. The minimum Gasteiger partial charge on any atom is -0.512 e. The molecule has 9 rings (SSSR count). The van der Waals surface area contributed by atoms with Crippen molar-refractivity contribution in [3.63, 3.8) is 0 Å². The van der Waals surface area contributed by atoms with Crippen molar-refractivity contribution in [3.05, 3.63) is 252 Å². The lowest BCUT2D eigenvalue weighted by molar-refractivity contribution is 0.383. The van der Waals surface area contributed by atoms with Gasteiger partial charge in [0.15, 0.2) is 0 Å². The molecule has 0 saturated heterocycles. The van der Waals surface area contributed by atoms with E-state index >= 15 is 0 Å². The predicted molar refractivity (Wildman–Crippen MR) is 277 cm³/mol. The molecular weight excluding hydrogens is 777 g/mol. The van der Waals surface area contributed by atoms with Crippen LogP contribution in [0, 0.1) is 0 Å². The number of benzene rings is 6. The third kappa shape index (κ3) is 9.96. The van der Waals surface area contributed by atoms with E-state index in [9.17, 15) is 5.11 Å². The van der Waals surface area contributed by atoms with E-state index < -0.39 is 0 Å². The number of anilines is 4. The molecule has 0 atom stereocenters. The van der Waals surface area contributed by atoms with Crippen molar-refractivity contribution in [2.24, 2.45) is 0 Å². The summed E-state index contributed by atoms with van der Waals surface area (Å²) in [4.78, 5) is 2.31. The van der Waals surface area contributed by atoms with Crippen LogP contribution in [-0.4, -0.2) is 5.11 Å². The number of aliphatic hydroxyl groups is 1. The summed E-state index contributed by atoms with van der Waals surface area (Å²) in [6, 6.07) is 53.3. The van der Waals surface area contributed by atoms with Crippen LogP contribution >= 0.6 is 0 Å². The number of rotatable bonds is 8. The zero-order valence-corrected chi connectivity index (χ0v) is 38.0. The van der Waals surface area contributed by atoms with Crippen LogP contribution in [-0.2, 0) is 5.41 Å². The van der Waals surface area contributed by atoms with Crippen molar-refractivity contribution in [3.8, 4) is 22.3 Å². The van der Waals surface area contributed by atoms with Crippen LogP contribution in [0.25, 0.3) is 33.9 Å². The van der Waals surface area contributed by atoms with E-state index in [4.69, 9.17) is 0 Å². The van der Waals surface area contributed by atoms with E-state index in [-0.39, 0.29) is 5.41 Å². The van der Waals surface area contributed by atoms with Crippen molar-refractivity contribution >= 4 is 34.4 Å². The van der Waals surface area contributed by atoms with Crippen LogP contribution in [0.4, 0.5) is 22.7 Å². The van der Waals surface area contributed by atoms with Gasteiger partial charge in [-0.15, -0.1) is 0 Å². The maximum Gasteiger partial charge on any atom is 0.100 e. The molecule has 2 bridgehead atoms. The summed E-state index contributed by atoms with van der Waals surface area (Å²) in [5.41, 5.74) is 17.5. The second-order valence-corrected chi connectivity index (χ2v) is 16.7. The summed E-state index contributed by atoms with van der Waals surface area (Å²) in [5, 5.41) is 14.5. The highest BCUT2D eigenvalue weighted by atomic mass is 16.3. The second kappa shape index (κ2) is 20.7. The molecule has 2 N–H and O–H groups in total. The van der Waals surface area contributed by atoms with Gasteiger partial charge in [-0.1, -0.05) is 193 Å². The lowest BCUT2D eigenvalue weighted by Gasteiger charge is -2.45. The minimum absolute atomic E-state index is 0.327. The SMILES string of the molecule is C=C/C=C(\C=C/C)c1ccccc1.C=C1/C2=C\C(C3=C(O)CCC=C3)=C/c3ccccc3N1c1ccc(-c3ccc(Nc4ccc(-c5ccccc5)cc4)cc3)cc1C2(C)C.CCC. The molecule has 1 aliphatic carbocycles. The van der Waals surface area contributed by atoms with Gasteiger partial charge in [0.1, 0.15) is 5.76 Å². The lowest BCUT2D eigenvalue weighted by atomic mass is 9.70. The zero-order valence-electron chi connectivity index (χ0n) is 38.0. The molecule has 0 saturated carbocycles. The molecule has 2 heterocycles. The van der Waals surface area contributed by atoms with Gasteiger partial charge in [-0.05, 0) is 124 Å². The maximum absolute atomic E-state index is 10.9. The van der Waals surface area contributed by atoms with Gasteiger partial charge in [-0.2, -0.15) is 0 Å². The van der Waals surface area contributed by atoms with Gasteiger partial charge in [0.2, 0.25) is 0 Å². The third-order valence-electron chi connectivity index (χ3n) is 11.7. The number of nitrogens with one attached hydrogen (secondary N) is 1. The van der Waals surface area contributed by atoms with E-state index in [1.165, 1.54) is 39.8 Å². The van der Waals surface area contributed by atoms with Gasteiger partial charge in [-0.25, -0.2) is 0 Å². The van der Waals surface area contributed by atoms with Crippen molar-refractivity contribution in [1.29, 1.82) is 0 Å². The number of aliphatic hydroxyl groups excluding tert-OH is 1. The molecule has 6 aromatic rings.